The molecule has 0 N–H and O–H groups in total. The second kappa shape index (κ2) is 7.52. The Morgan fingerprint density at radius 1 is 1.08 bits per heavy atom. The standard InChI is InChI=1S/C21H23NO4/c1-14(15-5-7-17(24-3)8-6-15)22(2)21(23)11-16-13-26-20-12-18(25-4)9-10-19(16)20/h5-10,12-14H,11H2,1-4H3. The molecule has 0 saturated carbocycles. The highest BCUT2D eigenvalue weighted by Gasteiger charge is 2.19. The van der Waals surface area contributed by atoms with E-state index in [1.165, 1.54) is 0 Å². The van der Waals surface area contributed by atoms with E-state index in [1.54, 1.807) is 25.4 Å². The first-order chi connectivity index (χ1) is 12.5. The van der Waals surface area contributed by atoms with E-state index in [4.69, 9.17) is 13.9 Å². The van der Waals surface area contributed by atoms with Crippen LogP contribution in [0.25, 0.3) is 11.0 Å². The lowest BCUT2D eigenvalue weighted by Gasteiger charge is -2.25. The number of benzene rings is 2. The molecule has 3 aromatic rings. The van der Waals surface area contributed by atoms with E-state index in [-0.39, 0.29) is 18.4 Å². The number of hydrogen-bond acceptors (Lipinski definition) is 4. The minimum absolute atomic E-state index is 0.0341. The van der Waals surface area contributed by atoms with Crippen LogP contribution in [0.1, 0.15) is 24.1 Å². The van der Waals surface area contributed by atoms with E-state index in [0.717, 1.165) is 33.6 Å². The number of methoxy groups -OCH3 is 2. The van der Waals surface area contributed by atoms with Crippen LogP contribution in [0.15, 0.2) is 53.1 Å². The van der Waals surface area contributed by atoms with Gasteiger partial charge in [-0.2, -0.15) is 0 Å². The molecule has 0 aliphatic rings. The maximum atomic E-state index is 12.7. The topological polar surface area (TPSA) is 51.9 Å². The fourth-order valence-electron chi connectivity index (χ4n) is 2.94. The molecule has 0 fully saturated rings. The molecule has 5 nitrogen and oxygen atoms in total. The fourth-order valence-corrected chi connectivity index (χ4v) is 2.94. The molecule has 3 rings (SSSR count). The van der Waals surface area contributed by atoms with Crippen LogP contribution in [-0.2, 0) is 11.2 Å². The van der Waals surface area contributed by atoms with Crippen molar-refractivity contribution in [1.82, 2.24) is 4.90 Å². The third kappa shape index (κ3) is 3.52. The highest BCUT2D eigenvalue weighted by Crippen LogP contribution is 2.27. The van der Waals surface area contributed by atoms with Crippen molar-refractivity contribution in [1.29, 1.82) is 0 Å². The molecule has 1 heterocycles. The zero-order valence-corrected chi connectivity index (χ0v) is 15.5. The van der Waals surface area contributed by atoms with Crippen LogP contribution in [0.4, 0.5) is 0 Å². The molecule has 0 bridgehead atoms. The Hall–Kier alpha value is -2.95. The summed E-state index contributed by atoms with van der Waals surface area (Å²) in [5.74, 6) is 1.57. The van der Waals surface area contributed by atoms with Crippen molar-refractivity contribution in [2.45, 2.75) is 19.4 Å². The van der Waals surface area contributed by atoms with Crippen LogP contribution >= 0.6 is 0 Å². The van der Waals surface area contributed by atoms with Crippen molar-refractivity contribution in [2.75, 3.05) is 21.3 Å². The third-order valence-corrected chi connectivity index (χ3v) is 4.78. The highest BCUT2D eigenvalue weighted by atomic mass is 16.5. The Morgan fingerprint density at radius 3 is 2.38 bits per heavy atom. The Kier molecular flexibility index (Phi) is 5.16. The zero-order valence-electron chi connectivity index (χ0n) is 15.5. The van der Waals surface area contributed by atoms with Gasteiger partial charge in [0.1, 0.15) is 17.1 Å². The van der Waals surface area contributed by atoms with Gasteiger partial charge in [-0.3, -0.25) is 4.79 Å². The van der Waals surface area contributed by atoms with Gasteiger partial charge in [0.15, 0.2) is 0 Å². The summed E-state index contributed by atoms with van der Waals surface area (Å²) in [6.07, 6.45) is 1.93. The monoisotopic (exact) mass is 353 g/mol. The van der Waals surface area contributed by atoms with Gasteiger partial charge < -0.3 is 18.8 Å². The molecular formula is C21H23NO4. The van der Waals surface area contributed by atoms with Crippen LogP contribution in [0.5, 0.6) is 11.5 Å². The largest absolute Gasteiger partial charge is 0.497 e. The van der Waals surface area contributed by atoms with Gasteiger partial charge in [-0.15, -0.1) is 0 Å². The predicted molar refractivity (Wildman–Crippen MR) is 101 cm³/mol. The lowest BCUT2D eigenvalue weighted by Crippen LogP contribution is -2.30. The van der Waals surface area contributed by atoms with Gasteiger partial charge in [0, 0.05) is 24.1 Å². The Balaban J connectivity index is 1.74. The molecule has 26 heavy (non-hydrogen) atoms. The molecule has 1 aromatic heterocycles. The first kappa shape index (κ1) is 17.9. The number of fused-ring (bicyclic) bond motifs is 1. The van der Waals surface area contributed by atoms with Crippen LogP contribution in [0, 0.1) is 0 Å². The van der Waals surface area contributed by atoms with Crippen molar-refractivity contribution >= 4 is 16.9 Å². The van der Waals surface area contributed by atoms with Crippen LogP contribution < -0.4 is 9.47 Å². The van der Waals surface area contributed by atoms with E-state index in [9.17, 15) is 4.79 Å². The highest BCUT2D eigenvalue weighted by molar-refractivity contribution is 5.88. The summed E-state index contributed by atoms with van der Waals surface area (Å²) < 4.78 is 16.0. The average molecular weight is 353 g/mol. The molecule has 5 heteroatoms. The van der Waals surface area contributed by atoms with Gasteiger partial charge in [0.2, 0.25) is 5.91 Å². The maximum absolute atomic E-state index is 12.7. The first-order valence-electron chi connectivity index (χ1n) is 8.47. The first-order valence-corrected chi connectivity index (χ1v) is 8.47. The summed E-state index contributed by atoms with van der Waals surface area (Å²) in [4.78, 5) is 14.5. The van der Waals surface area contributed by atoms with Gasteiger partial charge in [-0.1, -0.05) is 12.1 Å². The predicted octanol–water partition coefficient (Wildman–Crippen LogP) is 4.21. The van der Waals surface area contributed by atoms with E-state index in [0.29, 0.717) is 0 Å². The Morgan fingerprint density at radius 2 is 1.73 bits per heavy atom. The van der Waals surface area contributed by atoms with E-state index < -0.39 is 0 Å². The number of rotatable bonds is 6. The molecule has 0 saturated heterocycles. The summed E-state index contributed by atoms with van der Waals surface area (Å²) in [5.41, 5.74) is 2.66. The third-order valence-electron chi connectivity index (χ3n) is 4.78. The summed E-state index contributed by atoms with van der Waals surface area (Å²) in [6.45, 7) is 2.01. The van der Waals surface area contributed by atoms with Crippen LogP contribution in [-0.4, -0.2) is 32.1 Å². The average Bonchev–Trinajstić information content (AvgIpc) is 3.08. The van der Waals surface area contributed by atoms with Gasteiger partial charge in [0.25, 0.3) is 0 Å². The van der Waals surface area contributed by atoms with Crippen molar-refractivity contribution in [2.24, 2.45) is 0 Å². The number of hydrogen-bond donors (Lipinski definition) is 0. The lowest BCUT2D eigenvalue weighted by molar-refractivity contribution is -0.131. The Bertz CT molecular complexity index is 898. The van der Waals surface area contributed by atoms with Gasteiger partial charge >= 0.3 is 0 Å². The normalized spacial score (nSPS) is 12.0. The van der Waals surface area contributed by atoms with E-state index >= 15 is 0 Å². The van der Waals surface area contributed by atoms with Crippen molar-refractivity contribution in [3.63, 3.8) is 0 Å². The fraction of sp³-hybridized carbons (Fsp3) is 0.286. The number of furan rings is 1. The minimum Gasteiger partial charge on any atom is -0.497 e. The Labute approximate surface area is 153 Å². The molecule has 0 radical (unpaired) electrons. The van der Waals surface area contributed by atoms with Gasteiger partial charge in [-0.05, 0) is 36.8 Å². The molecule has 136 valence electrons. The smallest absolute Gasteiger partial charge is 0.227 e. The van der Waals surface area contributed by atoms with Crippen molar-refractivity contribution in [3.8, 4) is 11.5 Å². The number of ether oxygens (including phenoxy) is 2. The van der Waals surface area contributed by atoms with Crippen molar-refractivity contribution in [3.05, 3.63) is 59.9 Å². The lowest BCUT2D eigenvalue weighted by atomic mass is 10.1. The number of nitrogens with zero attached hydrogens (tertiary/aromatic N) is 1. The summed E-state index contributed by atoms with van der Waals surface area (Å²) >= 11 is 0. The van der Waals surface area contributed by atoms with E-state index in [2.05, 4.69) is 0 Å². The summed E-state index contributed by atoms with van der Waals surface area (Å²) in [7, 11) is 5.07. The SMILES string of the molecule is COc1ccc(C(C)N(C)C(=O)Cc2coc3cc(OC)ccc23)cc1. The van der Waals surface area contributed by atoms with Gasteiger partial charge in [0.05, 0.1) is 32.9 Å². The minimum atomic E-state index is -0.0355. The number of carbonyl (C=O) groups is 1. The van der Waals surface area contributed by atoms with Gasteiger partial charge in [-0.25, -0.2) is 0 Å². The number of carbonyl (C=O) groups excluding carboxylic acids is 1. The van der Waals surface area contributed by atoms with Crippen molar-refractivity contribution < 1.29 is 18.7 Å². The van der Waals surface area contributed by atoms with Crippen LogP contribution in [0.3, 0.4) is 0 Å². The molecule has 0 spiro atoms. The van der Waals surface area contributed by atoms with E-state index in [1.807, 2.05) is 56.4 Å². The molecule has 1 amide bonds. The molecular weight excluding hydrogens is 330 g/mol. The summed E-state index contributed by atoms with van der Waals surface area (Å²) in [6, 6.07) is 13.4. The second-order valence-corrected chi connectivity index (χ2v) is 6.25. The molecule has 1 atom stereocenters. The molecule has 1 unspecified atom stereocenters. The number of amides is 1. The molecule has 0 aliphatic heterocycles. The zero-order chi connectivity index (χ0) is 18.7. The second-order valence-electron chi connectivity index (χ2n) is 6.25. The maximum Gasteiger partial charge on any atom is 0.227 e. The summed E-state index contributed by atoms with van der Waals surface area (Å²) in [5, 5.41) is 0.935. The molecule has 0 aliphatic carbocycles. The number of likely N-dealkylation sites (N-methyl/N-ethyl adjacent to an activating group) is 1. The molecule has 2 aromatic carbocycles. The van der Waals surface area contributed by atoms with Crippen LogP contribution in [0.2, 0.25) is 0 Å². The quantitative estimate of drug-likeness (QED) is 0.666.